The Balaban J connectivity index is 2.43. The van der Waals surface area contributed by atoms with Gasteiger partial charge in [-0.05, 0) is 63.8 Å². The molecule has 1 aliphatic carbocycles. The third kappa shape index (κ3) is 6.04. The molecule has 18 heavy (non-hydrogen) atoms. The zero-order chi connectivity index (χ0) is 14.0. The first-order chi connectivity index (χ1) is 8.07. The second-order valence-corrected chi connectivity index (χ2v) is 8.30. The van der Waals surface area contributed by atoms with Crippen LogP contribution in [0.2, 0.25) is 0 Å². The SMILES string of the molecule is CC1=CC(C)CC(CNC(C)(C)CC(C)(C)C)C1. The van der Waals surface area contributed by atoms with Crippen LogP contribution in [0, 0.1) is 17.3 Å². The van der Waals surface area contributed by atoms with Crippen LogP contribution in [0.3, 0.4) is 0 Å². The average molecular weight is 251 g/mol. The molecule has 0 aromatic heterocycles. The summed E-state index contributed by atoms with van der Waals surface area (Å²) in [6, 6.07) is 0. The lowest BCUT2D eigenvalue weighted by Crippen LogP contribution is -2.45. The summed E-state index contributed by atoms with van der Waals surface area (Å²) < 4.78 is 0. The molecule has 0 bridgehead atoms. The second-order valence-electron chi connectivity index (χ2n) is 8.30. The van der Waals surface area contributed by atoms with Gasteiger partial charge in [-0.15, -0.1) is 0 Å². The van der Waals surface area contributed by atoms with Gasteiger partial charge in [-0.2, -0.15) is 0 Å². The molecule has 0 spiro atoms. The third-order valence-corrected chi connectivity index (χ3v) is 3.73. The molecule has 1 N–H and O–H groups in total. The molecule has 1 heteroatoms. The molecule has 0 saturated heterocycles. The Morgan fingerprint density at radius 2 is 1.83 bits per heavy atom. The lowest BCUT2D eigenvalue weighted by Gasteiger charge is -2.36. The predicted molar refractivity (Wildman–Crippen MR) is 81.8 cm³/mol. The number of nitrogens with one attached hydrogen (secondary N) is 1. The number of rotatable bonds is 4. The van der Waals surface area contributed by atoms with Crippen molar-refractivity contribution < 1.29 is 0 Å². The van der Waals surface area contributed by atoms with Crippen LogP contribution in [-0.4, -0.2) is 12.1 Å². The Kier molecular flexibility index (Phi) is 5.05. The molecule has 1 aliphatic rings. The fraction of sp³-hybridized carbons (Fsp3) is 0.882. The first-order valence-electron chi connectivity index (χ1n) is 7.50. The van der Waals surface area contributed by atoms with Gasteiger partial charge in [-0.3, -0.25) is 0 Å². The van der Waals surface area contributed by atoms with E-state index in [4.69, 9.17) is 0 Å². The van der Waals surface area contributed by atoms with E-state index < -0.39 is 0 Å². The summed E-state index contributed by atoms with van der Waals surface area (Å²) in [6.07, 6.45) is 6.28. The standard InChI is InChI=1S/C17H33N/c1-13-8-14(2)10-15(9-13)11-18-17(6,7)12-16(3,4)5/h8,13,15,18H,9-12H2,1-7H3. The first-order valence-corrected chi connectivity index (χ1v) is 7.50. The summed E-state index contributed by atoms with van der Waals surface area (Å²) >= 11 is 0. The zero-order valence-corrected chi connectivity index (χ0v) is 13.6. The normalized spacial score (nSPS) is 26.1. The van der Waals surface area contributed by atoms with E-state index in [2.05, 4.69) is 59.9 Å². The molecule has 0 saturated carbocycles. The molecule has 0 heterocycles. The minimum atomic E-state index is 0.247. The van der Waals surface area contributed by atoms with E-state index >= 15 is 0 Å². The quantitative estimate of drug-likeness (QED) is 0.709. The topological polar surface area (TPSA) is 12.0 Å². The van der Waals surface area contributed by atoms with Crippen molar-refractivity contribution in [3.63, 3.8) is 0 Å². The molecule has 0 aromatic rings. The van der Waals surface area contributed by atoms with Crippen molar-refractivity contribution in [2.24, 2.45) is 17.3 Å². The van der Waals surface area contributed by atoms with E-state index in [9.17, 15) is 0 Å². The van der Waals surface area contributed by atoms with Crippen LogP contribution in [-0.2, 0) is 0 Å². The predicted octanol–water partition coefficient (Wildman–Crippen LogP) is 4.78. The van der Waals surface area contributed by atoms with Gasteiger partial charge in [-0.25, -0.2) is 0 Å². The van der Waals surface area contributed by atoms with E-state index in [1.807, 2.05) is 0 Å². The zero-order valence-electron chi connectivity index (χ0n) is 13.6. The van der Waals surface area contributed by atoms with Gasteiger partial charge >= 0.3 is 0 Å². The maximum atomic E-state index is 3.80. The Morgan fingerprint density at radius 1 is 1.22 bits per heavy atom. The highest BCUT2D eigenvalue weighted by molar-refractivity contribution is 5.06. The minimum absolute atomic E-state index is 0.247. The molecule has 1 rings (SSSR count). The van der Waals surface area contributed by atoms with Gasteiger partial charge in [0, 0.05) is 5.54 Å². The highest BCUT2D eigenvalue weighted by atomic mass is 15.0. The van der Waals surface area contributed by atoms with Crippen LogP contribution in [0.15, 0.2) is 11.6 Å². The van der Waals surface area contributed by atoms with Crippen LogP contribution in [0.1, 0.15) is 67.7 Å². The van der Waals surface area contributed by atoms with Crippen LogP contribution >= 0.6 is 0 Å². The van der Waals surface area contributed by atoms with E-state index in [0.29, 0.717) is 5.41 Å². The van der Waals surface area contributed by atoms with Crippen molar-refractivity contribution in [1.29, 1.82) is 0 Å². The van der Waals surface area contributed by atoms with Crippen LogP contribution in [0.4, 0.5) is 0 Å². The molecule has 0 aliphatic heterocycles. The van der Waals surface area contributed by atoms with Gasteiger partial charge < -0.3 is 5.32 Å². The van der Waals surface area contributed by atoms with Gasteiger partial charge in [0.05, 0.1) is 0 Å². The maximum Gasteiger partial charge on any atom is 0.0130 e. The summed E-state index contributed by atoms with van der Waals surface area (Å²) in [6.45, 7) is 17.4. The lowest BCUT2D eigenvalue weighted by atomic mass is 9.80. The van der Waals surface area contributed by atoms with E-state index in [0.717, 1.165) is 11.8 Å². The number of hydrogen-bond acceptors (Lipinski definition) is 1. The fourth-order valence-electron chi connectivity index (χ4n) is 3.65. The minimum Gasteiger partial charge on any atom is -0.311 e. The van der Waals surface area contributed by atoms with Crippen molar-refractivity contribution in [1.82, 2.24) is 5.32 Å². The molecule has 1 nitrogen and oxygen atoms in total. The summed E-state index contributed by atoms with van der Waals surface area (Å²) in [4.78, 5) is 0. The molecule has 0 amide bonds. The van der Waals surface area contributed by atoms with Gasteiger partial charge in [0.15, 0.2) is 0 Å². The molecule has 2 unspecified atom stereocenters. The smallest absolute Gasteiger partial charge is 0.0130 e. The van der Waals surface area contributed by atoms with Crippen LogP contribution in [0.5, 0.6) is 0 Å². The number of allylic oxidation sites excluding steroid dienone is 2. The summed E-state index contributed by atoms with van der Waals surface area (Å²) in [5.41, 5.74) is 2.22. The van der Waals surface area contributed by atoms with Crippen LogP contribution in [0.25, 0.3) is 0 Å². The Bertz CT molecular complexity index is 293. The van der Waals surface area contributed by atoms with Gasteiger partial charge in [0.1, 0.15) is 0 Å². The molecule has 2 atom stereocenters. The third-order valence-electron chi connectivity index (χ3n) is 3.73. The van der Waals surface area contributed by atoms with E-state index in [-0.39, 0.29) is 5.54 Å². The molecular formula is C17H33N. The summed E-state index contributed by atoms with van der Waals surface area (Å²) in [5, 5.41) is 3.80. The largest absolute Gasteiger partial charge is 0.311 e. The highest BCUT2D eigenvalue weighted by Gasteiger charge is 2.26. The Labute approximate surface area is 114 Å². The molecule has 0 aromatic carbocycles. The van der Waals surface area contributed by atoms with E-state index in [1.54, 1.807) is 5.57 Å². The number of hydrogen-bond donors (Lipinski definition) is 1. The van der Waals surface area contributed by atoms with Crippen molar-refractivity contribution in [2.45, 2.75) is 73.3 Å². The van der Waals surface area contributed by atoms with Crippen LogP contribution < -0.4 is 5.32 Å². The summed E-state index contributed by atoms with van der Waals surface area (Å²) in [5.74, 6) is 1.58. The first kappa shape index (κ1) is 15.8. The van der Waals surface area contributed by atoms with Crippen molar-refractivity contribution in [3.8, 4) is 0 Å². The van der Waals surface area contributed by atoms with Crippen molar-refractivity contribution >= 4 is 0 Å². The molecule has 0 radical (unpaired) electrons. The Morgan fingerprint density at radius 3 is 2.33 bits per heavy atom. The average Bonchev–Trinajstić information content (AvgIpc) is 2.09. The molecule has 0 fully saturated rings. The van der Waals surface area contributed by atoms with Crippen molar-refractivity contribution in [3.05, 3.63) is 11.6 Å². The molecular weight excluding hydrogens is 218 g/mol. The lowest BCUT2D eigenvalue weighted by molar-refractivity contribution is 0.225. The maximum absolute atomic E-state index is 3.80. The highest BCUT2D eigenvalue weighted by Crippen LogP contribution is 2.30. The monoisotopic (exact) mass is 251 g/mol. The molecule has 106 valence electrons. The second kappa shape index (κ2) is 5.77. The van der Waals surface area contributed by atoms with Gasteiger partial charge in [0.25, 0.3) is 0 Å². The van der Waals surface area contributed by atoms with E-state index in [1.165, 1.54) is 25.8 Å². The Hall–Kier alpha value is -0.300. The summed E-state index contributed by atoms with van der Waals surface area (Å²) in [7, 11) is 0. The van der Waals surface area contributed by atoms with Gasteiger partial charge in [-0.1, -0.05) is 39.3 Å². The fourth-order valence-corrected chi connectivity index (χ4v) is 3.65. The van der Waals surface area contributed by atoms with Crippen molar-refractivity contribution in [2.75, 3.05) is 6.54 Å². The van der Waals surface area contributed by atoms with Gasteiger partial charge in [0.2, 0.25) is 0 Å².